The first-order chi connectivity index (χ1) is 14.0. The third-order valence-corrected chi connectivity index (χ3v) is 5.13. The molecule has 8 nitrogen and oxygen atoms in total. The zero-order valence-corrected chi connectivity index (χ0v) is 16.5. The van der Waals surface area contributed by atoms with Crippen molar-refractivity contribution in [1.29, 1.82) is 0 Å². The van der Waals surface area contributed by atoms with Crippen LogP contribution >= 0.6 is 11.3 Å². The highest BCUT2D eigenvalue weighted by molar-refractivity contribution is 7.10. The van der Waals surface area contributed by atoms with E-state index in [2.05, 4.69) is 10.6 Å². The van der Waals surface area contributed by atoms with Gasteiger partial charge in [0.05, 0.1) is 36.1 Å². The van der Waals surface area contributed by atoms with E-state index in [-0.39, 0.29) is 36.7 Å². The molecule has 0 radical (unpaired) electrons. The average molecular weight is 416 g/mol. The van der Waals surface area contributed by atoms with Crippen LogP contribution in [0.25, 0.3) is 0 Å². The number of benzene rings is 1. The van der Waals surface area contributed by atoms with Gasteiger partial charge in [-0.05, 0) is 36.1 Å². The summed E-state index contributed by atoms with van der Waals surface area (Å²) < 4.78 is 10.5. The average Bonchev–Trinajstić information content (AvgIpc) is 3.26. The van der Waals surface area contributed by atoms with Crippen LogP contribution in [0.15, 0.2) is 53.0 Å². The molecule has 0 fully saturated rings. The highest BCUT2D eigenvalue weighted by atomic mass is 32.1. The van der Waals surface area contributed by atoms with E-state index < -0.39 is 24.0 Å². The molecule has 2 heterocycles. The van der Waals surface area contributed by atoms with Gasteiger partial charge < -0.3 is 25.2 Å². The van der Waals surface area contributed by atoms with Gasteiger partial charge in [-0.3, -0.25) is 0 Å². The monoisotopic (exact) mass is 416 g/mol. The van der Waals surface area contributed by atoms with Gasteiger partial charge in [-0.1, -0.05) is 18.2 Å². The van der Waals surface area contributed by atoms with Crippen molar-refractivity contribution in [3.63, 3.8) is 0 Å². The van der Waals surface area contributed by atoms with Gasteiger partial charge in [-0.2, -0.15) is 0 Å². The van der Waals surface area contributed by atoms with E-state index in [0.717, 1.165) is 4.88 Å². The number of rotatable bonds is 7. The van der Waals surface area contributed by atoms with Crippen LogP contribution in [0.2, 0.25) is 0 Å². The van der Waals surface area contributed by atoms with Crippen molar-refractivity contribution in [2.75, 3.05) is 13.2 Å². The quantitative estimate of drug-likeness (QED) is 0.597. The number of hydrogen-bond donors (Lipinski definition) is 3. The second-order valence-corrected chi connectivity index (χ2v) is 7.07. The molecule has 0 unspecified atom stereocenters. The van der Waals surface area contributed by atoms with E-state index in [4.69, 9.17) is 14.6 Å². The molecule has 0 saturated heterocycles. The zero-order chi connectivity index (χ0) is 20.8. The van der Waals surface area contributed by atoms with Crippen LogP contribution in [0.3, 0.4) is 0 Å². The molecule has 9 heteroatoms. The largest absolute Gasteiger partial charge is 0.463 e. The third-order valence-electron chi connectivity index (χ3n) is 4.20. The topological polar surface area (TPSA) is 114 Å². The van der Waals surface area contributed by atoms with Crippen molar-refractivity contribution in [1.82, 2.24) is 10.6 Å². The van der Waals surface area contributed by atoms with Crippen molar-refractivity contribution in [3.8, 4) is 0 Å². The summed E-state index contributed by atoms with van der Waals surface area (Å²) in [5, 5.41) is 16.2. The van der Waals surface area contributed by atoms with E-state index in [0.29, 0.717) is 5.56 Å². The van der Waals surface area contributed by atoms with Gasteiger partial charge in [-0.25, -0.2) is 14.4 Å². The van der Waals surface area contributed by atoms with Gasteiger partial charge in [0.25, 0.3) is 0 Å². The van der Waals surface area contributed by atoms with Crippen LogP contribution < -0.4 is 10.6 Å². The van der Waals surface area contributed by atoms with Crippen molar-refractivity contribution < 1.29 is 29.0 Å². The van der Waals surface area contributed by atoms with Crippen LogP contribution in [0.5, 0.6) is 0 Å². The van der Waals surface area contributed by atoms with E-state index in [1.54, 1.807) is 25.1 Å². The molecule has 0 spiro atoms. The summed E-state index contributed by atoms with van der Waals surface area (Å²) in [4.78, 5) is 37.8. The molecule has 1 aliphatic rings. The standard InChI is InChI=1S/C20H20N2O6S/c1-2-27-19(25)16-14(21-20(26)22-17(16)15-4-3-9-29-15)11-28-18(24)13-7-5-12(10-23)6-8-13/h3-9,17,23H,2,10-11H2,1H3,(H2,21,22,26)/t17-/m1/s1. The molecule has 2 aromatic rings. The Balaban J connectivity index is 1.85. The molecule has 1 atom stereocenters. The number of amides is 2. The highest BCUT2D eigenvalue weighted by Crippen LogP contribution is 2.30. The number of aliphatic hydroxyl groups excluding tert-OH is 1. The molecule has 2 amide bonds. The summed E-state index contributed by atoms with van der Waals surface area (Å²) in [6.45, 7) is 1.42. The second-order valence-electron chi connectivity index (χ2n) is 6.09. The van der Waals surface area contributed by atoms with Gasteiger partial charge in [-0.15, -0.1) is 11.3 Å². The fourth-order valence-corrected chi connectivity index (χ4v) is 3.60. The molecule has 0 aliphatic carbocycles. The number of ether oxygens (including phenoxy) is 2. The Hall–Kier alpha value is -3.17. The molecule has 3 rings (SSSR count). The molecule has 1 aliphatic heterocycles. The lowest BCUT2D eigenvalue weighted by Crippen LogP contribution is -2.46. The zero-order valence-electron chi connectivity index (χ0n) is 15.6. The molecule has 1 aromatic heterocycles. The second kappa shape index (κ2) is 9.35. The Labute approximate surface area is 171 Å². The highest BCUT2D eigenvalue weighted by Gasteiger charge is 2.34. The number of thiophene rings is 1. The fourth-order valence-electron chi connectivity index (χ4n) is 2.82. The summed E-state index contributed by atoms with van der Waals surface area (Å²) in [7, 11) is 0. The minimum atomic E-state index is -0.694. The molecular weight excluding hydrogens is 396 g/mol. The van der Waals surface area contributed by atoms with Crippen LogP contribution in [0.4, 0.5) is 4.79 Å². The lowest BCUT2D eigenvalue weighted by Gasteiger charge is -2.28. The fraction of sp³-hybridized carbons (Fsp3) is 0.250. The first kappa shape index (κ1) is 20.6. The number of esters is 2. The predicted octanol–water partition coefficient (Wildman–Crippen LogP) is 2.27. The molecule has 152 valence electrons. The lowest BCUT2D eigenvalue weighted by atomic mass is 10.0. The van der Waals surface area contributed by atoms with E-state index in [1.165, 1.54) is 23.5 Å². The minimum Gasteiger partial charge on any atom is -0.463 e. The van der Waals surface area contributed by atoms with E-state index in [1.807, 2.05) is 11.4 Å². The molecule has 0 saturated carbocycles. The number of nitrogens with one attached hydrogen (secondary N) is 2. The first-order valence-electron chi connectivity index (χ1n) is 8.91. The molecule has 29 heavy (non-hydrogen) atoms. The number of urea groups is 1. The van der Waals surface area contributed by atoms with Crippen LogP contribution in [0.1, 0.15) is 33.8 Å². The van der Waals surface area contributed by atoms with Gasteiger partial charge in [0.1, 0.15) is 6.61 Å². The maximum Gasteiger partial charge on any atom is 0.338 e. The first-order valence-corrected chi connectivity index (χ1v) is 9.79. The third kappa shape index (κ3) is 4.82. The Kier molecular flexibility index (Phi) is 6.63. The number of aliphatic hydroxyl groups is 1. The van der Waals surface area contributed by atoms with Crippen LogP contribution in [-0.4, -0.2) is 36.3 Å². The summed E-state index contributed by atoms with van der Waals surface area (Å²) >= 11 is 1.38. The number of hydrogen-bond acceptors (Lipinski definition) is 7. The van der Waals surface area contributed by atoms with Crippen LogP contribution in [-0.2, 0) is 20.9 Å². The normalized spacial score (nSPS) is 16.1. The SMILES string of the molecule is CCOC(=O)C1=C(COC(=O)c2ccc(CO)cc2)NC(=O)N[C@@H]1c1cccs1. The Morgan fingerprint density at radius 1 is 1.14 bits per heavy atom. The van der Waals surface area contributed by atoms with Crippen molar-refractivity contribution in [2.45, 2.75) is 19.6 Å². The maximum atomic E-state index is 12.6. The molecular formula is C20H20N2O6S. The molecule has 0 bridgehead atoms. The minimum absolute atomic E-state index is 0.131. The summed E-state index contributed by atoms with van der Waals surface area (Å²) in [5.74, 6) is -1.22. The van der Waals surface area contributed by atoms with Crippen molar-refractivity contribution >= 4 is 29.3 Å². The van der Waals surface area contributed by atoms with Crippen LogP contribution in [0, 0.1) is 0 Å². The smallest absolute Gasteiger partial charge is 0.338 e. The van der Waals surface area contributed by atoms with E-state index in [9.17, 15) is 14.4 Å². The number of carbonyl (C=O) groups is 3. The number of carbonyl (C=O) groups excluding carboxylic acids is 3. The summed E-state index contributed by atoms with van der Waals surface area (Å²) in [6, 6.07) is 8.70. The summed E-state index contributed by atoms with van der Waals surface area (Å²) in [5.41, 5.74) is 1.32. The molecule has 1 aromatic carbocycles. The van der Waals surface area contributed by atoms with Crippen molar-refractivity contribution in [3.05, 3.63) is 69.1 Å². The van der Waals surface area contributed by atoms with Gasteiger partial charge in [0.15, 0.2) is 0 Å². The molecule has 3 N–H and O–H groups in total. The Bertz CT molecular complexity index is 921. The van der Waals surface area contributed by atoms with Gasteiger partial charge in [0.2, 0.25) is 0 Å². The van der Waals surface area contributed by atoms with E-state index >= 15 is 0 Å². The van der Waals surface area contributed by atoms with Crippen molar-refractivity contribution in [2.24, 2.45) is 0 Å². The van der Waals surface area contributed by atoms with Gasteiger partial charge in [0, 0.05) is 4.88 Å². The maximum absolute atomic E-state index is 12.6. The Morgan fingerprint density at radius 2 is 1.90 bits per heavy atom. The van der Waals surface area contributed by atoms with Gasteiger partial charge >= 0.3 is 18.0 Å². The lowest BCUT2D eigenvalue weighted by molar-refractivity contribution is -0.139. The Morgan fingerprint density at radius 3 is 2.52 bits per heavy atom. The summed E-state index contributed by atoms with van der Waals surface area (Å²) in [6.07, 6.45) is 0. The predicted molar refractivity (Wildman–Crippen MR) is 105 cm³/mol.